The van der Waals surface area contributed by atoms with Crippen molar-refractivity contribution in [3.05, 3.63) is 34.9 Å². The predicted molar refractivity (Wildman–Crippen MR) is 108 cm³/mol. The van der Waals surface area contributed by atoms with Gasteiger partial charge in [-0.25, -0.2) is 0 Å². The average Bonchev–Trinajstić information content (AvgIpc) is 2.60. The Bertz CT molecular complexity index is 663. The van der Waals surface area contributed by atoms with Gasteiger partial charge in [-0.15, -0.1) is 0 Å². The number of fused-ring (bicyclic) bond motifs is 2. The number of hydrogen-bond donors (Lipinski definition) is 3. The van der Waals surface area contributed by atoms with Crippen LogP contribution in [0, 0.1) is 17.8 Å². The summed E-state index contributed by atoms with van der Waals surface area (Å²) in [4.78, 5) is 25.6. The van der Waals surface area contributed by atoms with Crippen LogP contribution in [0.15, 0.2) is 24.3 Å². The minimum Gasteiger partial charge on any atom is -0.351 e. The lowest BCUT2D eigenvalue weighted by Gasteiger charge is -2.45. The standard InChI is InChI=1S/C21H30ClN3O2/c1-12(2)18(24-20(26)13-6-8-16(22)9-7-13)21(27)25-19-14-4-3-5-15(19)11-17(23)10-14/h6-9,12,14-15,17-19H,3-5,10-11,23H2,1-2H3,(H,24,26)(H,25,27). The van der Waals surface area contributed by atoms with Crippen molar-refractivity contribution in [1.82, 2.24) is 10.6 Å². The van der Waals surface area contributed by atoms with Crippen molar-refractivity contribution in [1.29, 1.82) is 0 Å². The Morgan fingerprint density at radius 3 is 2.26 bits per heavy atom. The number of carbonyl (C=O) groups excluding carboxylic acids is 2. The number of halogens is 1. The Labute approximate surface area is 166 Å². The lowest BCUT2D eigenvalue weighted by atomic mass is 9.67. The molecule has 3 rings (SSSR count). The first-order valence-corrected chi connectivity index (χ1v) is 10.4. The van der Waals surface area contributed by atoms with E-state index in [1.54, 1.807) is 24.3 Å². The molecule has 27 heavy (non-hydrogen) atoms. The molecule has 0 heterocycles. The fraction of sp³-hybridized carbons (Fsp3) is 0.619. The van der Waals surface area contributed by atoms with E-state index in [1.807, 2.05) is 13.8 Å². The Kier molecular flexibility index (Phi) is 6.43. The van der Waals surface area contributed by atoms with E-state index in [2.05, 4.69) is 10.6 Å². The van der Waals surface area contributed by atoms with Crippen molar-refractivity contribution in [2.24, 2.45) is 23.5 Å². The molecule has 2 bridgehead atoms. The lowest BCUT2D eigenvalue weighted by molar-refractivity contribution is -0.126. The van der Waals surface area contributed by atoms with Gasteiger partial charge in [0.15, 0.2) is 0 Å². The summed E-state index contributed by atoms with van der Waals surface area (Å²) in [6, 6.07) is 6.55. The molecule has 2 amide bonds. The normalized spacial score (nSPS) is 28.5. The van der Waals surface area contributed by atoms with Gasteiger partial charge in [0, 0.05) is 22.7 Å². The van der Waals surface area contributed by atoms with Gasteiger partial charge in [0.2, 0.25) is 5.91 Å². The fourth-order valence-corrected chi connectivity index (χ4v) is 4.77. The molecule has 2 aliphatic carbocycles. The summed E-state index contributed by atoms with van der Waals surface area (Å²) >= 11 is 5.88. The topological polar surface area (TPSA) is 84.2 Å². The monoisotopic (exact) mass is 391 g/mol. The molecule has 0 saturated heterocycles. The minimum absolute atomic E-state index is 0.00746. The van der Waals surface area contributed by atoms with Gasteiger partial charge in [-0.1, -0.05) is 31.9 Å². The molecule has 1 aromatic carbocycles. The number of benzene rings is 1. The van der Waals surface area contributed by atoms with Gasteiger partial charge in [-0.2, -0.15) is 0 Å². The third-order valence-corrected chi connectivity index (χ3v) is 6.28. The van der Waals surface area contributed by atoms with E-state index in [0.29, 0.717) is 22.4 Å². The van der Waals surface area contributed by atoms with Gasteiger partial charge in [0.1, 0.15) is 6.04 Å². The number of rotatable bonds is 5. The zero-order valence-electron chi connectivity index (χ0n) is 16.1. The smallest absolute Gasteiger partial charge is 0.251 e. The maximum atomic E-state index is 13.0. The van der Waals surface area contributed by atoms with Crippen molar-refractivity contribution in [2.45, 2.75) is 64.1 Å². The number of amides is 2. The van der Waals surface area contributed by atoms with Crippen molar-refractivity contribution >= 4 is 23.4 Å². The van der Waals surface area contributed by atoms with Gasteiger partial charge in [0.05, 0.1) is 0 Å². The Hall–Kier alpha value is -1.59. The van der Waals surface area contributed by atoms with Gasteiger partial charge in [-0.3, -0.25) is 9.59 Å². The fourth-order valence-electron chi connectivity index (χ4n) is 4.64. The predicted octanol–water partition coefficient (Wildman–Crippen LogP) is 3.12. The molecule has 1 aromatic rings. The second kappa shape index (κ2) is 8.61. The van der Waals surface area contributed by atoms with Crippen molar-refractivity contribution in [2.75, 3.05) is 0 Å². The van der Waals surface area contributed by atoms with E-state index in [9.17, 15) is 9.59 Å². The largest absolute Gasteiger partial charge is 0.351 e. The Balaban J connectivity index is 1.66. The molecule has 0 aromatic heterocycles. The van der Waals surface area contributed by atoms with E-state index >= 15 is 0 Å². The van der Waals surface area contributed by atoms with Gasteiger partial charge in [0.25, 0.3) is 5.91 Å². The SMILES string of the molecule is CC(C)C(NC(=O)c1ccc(Cl)cc1)C(=O)NC1C2CCCC1CC(N)C2. The second-order valence-electron chi connectivity index (χ2n) is 8.42. The summed E-state index contributed by atoms with van der Waals surface area (Å²) in [6.07, 6.45) is 5.42. The summed E-state index contributed by atoms with van der Waals surface area (Å²) in [7, 11) is 0. The van der Waals surface area contributed by atoms with Gasteiger partial charge < -0.3 is 16.4 Å². The number of hydrogen-bond acceptors (Lipinski definition) is 3. The highest BCUT2D eigenvalue weighted by atomic mass is 35.5. The first-order chi connectivity index (χ1) is 12.8. The highest BCUT2D eigenvalue weighted by Crippen LogP contribution is 2.39. The van der Waals surface area contributed by atoms with Crippen LogP contribution in [-0.4, -0.2) is 29.9 Å². The van der Waals surface area contributed by atoms with Crippen LogP contribution in [-0.2, 0) is 4.79 Å². The molecule has 2 saturated carbocycles. The van der Waals surface area contributed by atoms with E-state index in [4.69, 9.17) is 17.3 Å². The maximum Gasteiger partial charge on any atom is 0.251 e. The van der Waals surface area contributed by atoms with Crippen LogP contribution in [0.1, 0.15) is 56.3 Å². The molecule has 148 valence electrons. The van der Waals surface area contributed by atoms with Crippen LogP contribution >= 0.6 is 11.6 Å². The molecule has 6 heteroatoms. The van der Waals surface area contributed by atoms with E-state index in [1.165, 1.54) is 6.42 Å². The highest BCUT2D eigenvalue weighted by molar-refractivity contribution is 6.30. The Morgan fingerprint density at radius 1 is 1.11 bits per heavy atom. The third kappa shape index (κ3) is 4.82. The molecule has 0 spiro atoms. The molecule has 3 unspecified atom stereocenters. The lowest BCUT2D eigenvalue weighted by Crippen LogP contribution is -2.58. The summed E-state index contributed by atoms with van der Waals surface area (Å²) in [6.45, 7) is 3.90. The van der Waals surface area contributed by atoms with E-state index < -0.39 is 6.04 Å². The highest BCUT2D eigenvalue weighted by Gasteiger charge is 2.41. The molecule has 3 atom stereocenters. The van der Waals surface area contributed by atoms with E-state index in [-0.39, 0.29) is 29.8 Å². The number of nitrogens with one attached hydrogen (secondary N) is 2. The van der Waals surface area contributed by atoms with Crippen molar-refractivity contribution in [3.8, 4) is 0 Å². The quantitative estimate of drug-likeness (QED) is 0.720. The Morgan fingerprint density at radius 2 is 1.70 bits per heavy atom. The van der Waals surface area contributed by atoms with Gasteiger partial charge in [-0.05, 0) is 67.7 Å². The minimum atomic E-state index is -0.565. The number of carbonyl (C=O) groups is 2. The summed E-state index contributed by atoms with van der Waals surface area (Å²) in [5, 5.41) is 6.73. The van der Waals surface area contributed by atoms with Crippen LogP contribution in [0.3, 0.4) is 0 Å². The maximum absolute atomic E-state index is 13.0. The summed E-state index contributed by atoms with van der Waals surface area (Å²) in [5.74, 6) is 0.551. The van der Waals surface area contributed by atoms with Crippen LogP contribution < -0.4 is 16.4 Å². The molecular formula is C21H30ClN3O2. The van der Waals surface area contributed by atoms with Crippen LogP contribution in [0.5, 0.6) is 0 Å². The molecule has 0 radical (unpaired) electrons. The molecule has 0 aliphatic heterocycles. The molecule has 2 fully saturated rings. The van der Waals surface area contributed by atoms with Crippen LogP contribution in [0.4, 0.5) is 0 Å². The first-order valence-electron chi connectivity index (χ1n) is 9.97. The zero-order valence-corrected chi connectivity index (χ0v) is 16.8. The van der Waals surface area contributed by atoms with Crippen LogP contribution in [0.2, 0.25) is 5.02 Å². The van der Waals surface area contributed by atoms with E-state index in [0.717, 1.165) is 25.7 Å². The third-order valence-electron chi connectivity index (χ3n) is 6.03. The average molecular weight is 392 g/mol. The molecule has 5 nitrogen and oxygen atoms in total. The second-order valence-corrected chi connectivity index (χ2v) is 8.86. The van der Waals surface area contributed by atoms with Gasteiger partial charge >= 0.3 is 0 Å². The summed E-state index contributed by atoms with van der Waals surface area (Å²) in [5.41, 5.74) is 6.69. The number of nitrogens with two attached hydrogens (primary N) is 1. The first kappa shape index (κ1) is 20.2. The van der Waals surface area contributed by atoms with Crippen LogP contribution in [0.25, 0.3) is 0 Å². The van der Waals surface area contributed by atoms with Crippen molar-refractivity contribution in [3.63, 3.8) is 0 Å². The molecular weight excluding hydrogens is 362 g/mol. The van der Waals surface area contributed by atoms with Crippen molar-refractivity contribution < 1.29 is 9.59 Å². The molecule has 2 aliphatic rings. The summed E-state index contributed by atoms with van der Waals surface area (Å²) < 4.78 is 0. The zero-order chi connectivity index (χ0) is 19.6. The molecule has 4 N–H and O–H groups in total.